The Morgan fingerprint density at radius 1 is 1.22 bits per heavy atom. The smallest absolute Gasteiger partial charge is 0.162 e. The zero-order chi connectivity index (χ0) is 26.9. The molecule has 2 aromatic carbocycles. The van der Waals surface area contributed by atoms with Gasteiger partial charge in [-0.1, -0.05) is 49.2 Å². The van der Waals surface area contributed by atoms with Gasteiger partial charge in [-0.2, -0.15) is 5.26 Å². The molecule has 0 spiro atoms. The van der Waals surface area contributed by atoms with E-state index in [-0.39, 0.29) is 50.8 Å². The van der Waals surface area contributed by atoms with Crippen LogP contribution in [0, 0.1) is 22.6 Å². The maximum Gasteiger partial charge on any atom is 0.162 e. The SMILES string of the molecule is COCCN1C(N)=C(C#N)[C@@H](c2cc(Cl)c(OCc3cccc(F)c3)c(Cl)c2)C2=C1CC(C)(C)CC2=O. The number of methoxy groups -OCH3 is 1. The molecule has 1 aliphatic carbocycles. The summed E-state index contributed by atoms with van der Waals surface area (Å²) in [5.41, 5.74) is 9.03. The molecule has 1 heterocycles. The number of nitriles is 1. The van der Waals surface area contributed by atoms with Crippen molar-refractivity contribution < 1.29 is 18.7 Å². The van der Waals surface area contributed by atoms with Crippen molar-refractivity contribution in [2.45, 2.75) is 39.2 Å². The van der Waals surface area contributed by atoms with Crippen LogP contribution in [-0.4, -0.2) is 30.9 Å². The number of halogens is 3. The van der Waals surface area contributed by atoms with Gasteiger partial charge in [-0.25, -0.2) is 4.39 Å². The minimum atomic E-state index is -0.713. The van der Waals surface area contributed by atoms with Crippen LogP contribution in [0.25, 0.3) is 0 Å². The number of allylic oxidation sites excluding steroid dienone is 3. The first-order valence-electron chi connectivity index (χ1n) is 11.8. The second kappa shape index (κ2) is 10.7. The lowest BCUT2D eigenvalue weighted by atomic mass is 9.68. The Hall–Kier alpha value is -3.05. The standard InChI is InChI=1S/C28H28Cl2FN3O3/c1-28(2)12-22-25(23(35)13-28)24(19(14-32)27(33)34(22)7-8-36-3)17-10-20(29)26(21(30)11-17)37-15-16-5-4-6-18(31)9-16/h4-6,9-11,24H,7-8,12-13,15,33H2,1-3H3/t24-/m1/s1. The van der Waals surface area contributed by atoms with Gasteiger partial charge >= 0.3 is 0 Å². The Kier molecular flexibility index (Phi) is 7.84. The number of Topliss-reactive ketones (excluding diaryl/α,β-unsaturated/α-hetero) is 1. The molecule has 1 aliphatic heterocycles. The van der Waals surface area contributed by atoms with Crippen molar-refractivity contribution in [2.24, 2.45) is 11.1 Å². The summed E-state index contributed by atoms with van der Waals surface area (Å²) < 4.78 is 24.6. The number of hydrogen-bond donors (Lipinski definition) is 1. The van der Waals surface area contributed by atoms with Gasteiger partial charge in [-0.15, -0.1) is 0 Å². The van der Waals surface area contributed by atoms with Crippen LogP contribution >= 0.6 is 23.2 Å². The summed E-state index contributed by atoms with van der Waals surface area (Å²) in [6, 6.07) is 11.5. The van der Waals surface area contributed by atoms with Gasteiger partial charge in [0.1, 0.15) is 18.2 Å². The van der Waals surface area contributed by atoms with Crippen LogP contribution in [-0.2, 0) is 16.1 Å². The van der Waals surface area contributed by atoms with Crippen molar-refractivity contribution in [3.05, 3.63) is 86.1 Å². The highest BCUT2D eigenvalue weighted by Crippen LogP contribution is 2.50. The molecule has 6 nitrogen and oxygen atoms in total. The van der Waals surface area contributed by atoms with E-state index in [9.17, 15) is 14.4 Å². The lowest BCUT2D eigenvalue weighted by molar-refractivity contribution is -0.118. The molecule has 0 aromatic heterocycles. The maximum atomic E-state index is 13.5. The van der Waals surface area contributed by atoms with Crippen LogP contribution in [0.4, 0.5) is 4.39 Å². The van der Waals surface area contributed by atoms with E-state index in [4.69, 9.17) is 38.4 Å². The fourth-order valence-electron chi connectivity index (χ4n) is 5.01. The predicted molar refractivity (Wildman–Crippen MR) is 140 cm³/mol. The molecule has 37 heavy (non-hydrogen) atoms. The Morgan fingerprint density at radius 3 is 2.54 bits per heavy atom. The van der Waals surface area contributed by atoms with Crippen LogP contribution in [0.3, 0.4) is 0 Å². The highest BCUT2D eigenvalue weighted by Gasteiger charge is 2.44. The van der Waals surface area contributed by atoms with E-state index in [0.29, 0.717) is 42.7 Å². The third kappa shape index (κ3) is 5.47. The molecule has 2 N–H and O–H groups in total. The Bertz CT molecular complexity index is 1320. The molecule has 0 saturated heterocycles. The first kappa shape index (κ1) is 27.0. The van der Waals surface area contributed by atoms with Crippen molar-refractivity contribution in [2.75, 3.05) is 20.3 Å². The van der Waals surface area contributed by atoms with Gasteiger partial charge in [0.05, 0.1) is 34.2 Å². The van der Waals surface area contributed by atoms with E-state index in [1.54, 1.807) is 31.4 Å². The van der Waals surface area contributed by atoms with Gasteiger partial charge in [0.2, 0.25) is 0 Å². The maximum absolute atomic E-state index is 13.5. The average molecular weight is 544 g/mol. The van der Waals surface area contributed by atoms with Crippen LogP contribution in [0.1, 0.15) is 43.7 Å². The average Bonchev–Trinajstić information content (AvgIpc) is 2.81. The molecule has 0 saturated carbocycles. The number of nitrogens with two attached hydrogens (primary N) is 1. The highest BCUT2D eigenvalue weighted by atomic mass is 35.5. The van der Waals surface area contributed by atoms with E-state index in [1.165, 1.54) is 12.1 Å². The summed E-state index contributed by atoms with van der Waals surface area (Å²) in [5.74, 6) is -0.613. The second-order valence-electron chi connectivity index (χ2n) is 10.0. The van der Waals surface area contributed by atoms with Crippen molar-refractivity contribution in [3.63, 3.8) is 0 Å². The zero-order valence-electron chi connectivity index (χ0n) is 20.9. The summed E-state index contributed by atoms with van der Waals surface area (Å²) in [7, 11) is 1.59. The Morgan fingerprint density at radius 2 is 1.92 bits per heavy atom. The molecule has 0 radical (unpaired) electrons. The lowest BCUT2D eigenvalue weighted by Crippen LogP contribution is -2.43. The molecule has 9 heteroatoms. The van der Waals surface area contributed by atoms with E-state index < -0.39 is 5.92 Å². The predicted octanol–water partition coefficient (Wildman–Crippen LogP) is 6.09. The number of nitrogens with zero attached hydrogens (tertiary/aromatic N) is 2. The molecule has 2 aromatic rings. The molecule has 2 aliphatic rings. The molecular weight excluding hydrogens is 516 g/mol. The topological polar surface area (TPSA) is 88.6 Å². The van der Waals surface area contributed by atoms with Crippen molar-refractivity contribution in [1.29, 1.82) is 5.26 Å². The number of rotatable bonds is 7. The quantitative estimate of drug-likeness (QED) is 0.454. The summed E-state index contributed by atoms with van der Waals surface area (Å²) in [6.45, 7) is 4.93. The number of ether oxygens (including phenoxy) is 2. The Balaban J connectivity index is 1.77. The minimum Gasteiger partial charge on any atom is -0.486 e. The first-order valence-corrected chi connectivity index (χ1v) is 12.6. The van der Waals surface area contributed by atoms with E-state index in [0.717, 1.165) is 5.70 Å². The molecule has 1 atom stereocenters. The fraction of sp³-hybridized carbons (Fsp3) is 0.357. The lowest BCUT2D eigenvalue weighted by Gasteiger charge is -2.43. The van der Waals surface area contributed by atoms with E-state index in [1.807, 2.05) is 18.7 Å². The number of hydrogen-bond acceptors (Lipinski definition) is 6. The van der Waals surface area contributed by atoms with Gasteiger partial charge < -0.3 is 20.1 Å². The van der Waals surface area contributed by atoms with Crippen LogP contribution in [0.15, 0.2) is 59.1 Å². The minimum absolute atomic E-state index is 0.0439. The van der Waals surface area contributed by atoms with Crippen molar-refractivity contribution in [1.82, 2.24) is 4.90 Å². The third-order valence-electron chi connectivity index (χ3n) is 6.63. The van der Waals surface area contributed by atoms with Crippen molar-refractivity contribution in [3.8, 4) is 11.8 Å². The number of carbonyl (C=O) groups excluding carboxylic acids is 1. The Labute approximate surface area is 226 Å². The molecular formula is C28H28Cl2FN3O3. The van der Waals surface area contributed by atoms with Gasteiger partial charge in [0, 0.05) is 31.3 Å². The summed E-state index contributed by atoms with van der Waals surface area (Å²) in [4.78, 5) is 15.4. The van der Waals surface area contributed by atoms with Crippen molar-refractivity contribution >= 4 is 29.0 Å². The van der Waals surface area contributed by atoms with Gasteiger partial charge in [0.15, 0.2) is 11.5 Å². The monoisotopic (exact) mass is 543 g/mol. The number of ketones is 1. The second-order valence-corrected chi connectivity index (χ2v) is 10.8. The van der Waals surface area contributed by atoms with Crippen LogP contribution < -0.4 is 10.5 Å². The molecule has 0 amide bonds. The molecule has 0 fully saturated rings. The molecule has 0 unspecified atom stereocenters. The highest BCUT2D eigenvalue weighted by molar-refractivity contribution is 6.37. The normalized spacial score (nSPS) is 19.1. The molecule has 0 bridgehead atoms. The molecule has 4 rings (SSSR count). The third-order valence-corrected chi connectivity index (χ3v) is 7.19. The van der Waals surface area contributed by atoms with Gasteiger partial charge in [0.25, 0.3) is 0 Å². The van der Waals surface area contributed by atoms with Gasteiger partial charge in [-0.3, -0.25) is 4.79 Å². The van der Waals surface area contributed by atoms with E-state index in [2.05, 4.69) is 6.07 Å². The molecule has 194 valence electrons. The van der Waals surface area contributed by atoms with Crippen LogP contribution in [0.2, 0.25) is 10.0 Å². The van der Waals surface area contributed by atoms with E-state index >= 15 is 0 Å². The number of benzene rings is 2. The largest absolute Gasteiger partial charge is 0.486 e. The fourth-order valence-corrected chi connectivity index (χ4v) is 5.63. The van der Waals surface area contributed by atoms with Crippen LogP contribution in [0.5, 0.6) is 5.75 Å². The summed E-state index contributed by atoms with van der Waals surface area (Å²) in [6.07, 6.45) is 0.958. The first-order chi connectivity index (χ1) is 17.6. The number of carbonyl (C=O) groups is 1. The summed E-state index contributed by atoms with van der Waals surface area (Å²) in [5, 5.41) is 10.6. The zero-order valence-corrected chi connectivity index (χ0v) is 22.4. The summed E-state index contributed by atoms with van der Waals surface area (Å²) >= 11 is 13.2. The van der Waals surface area contributed by atoms with Gasteiger partial charge in [-0.05, 0) is 47.2 Å².